The Morgan fingerprint density at radius 3 is 3.08 bits per heavy atom. The maximum atomic E-state index is 11.1. The van der Waals surface area contributed by atoms with Crippen LogP contribution >= 0.6 is 12.6 Å². The topological polar surface area (TPSA) is 49.4 Å². The summed E-state index contributed by atoms with van der Waals surface area (Å²) >= 11 is 3.87. The van der Waals surface area contributed by atoms with E-state index in [1.54, 1.807) is 0 Å². The van der Waals surface area contributed by atoms with Crippen LogP contribution in [0.3, 0.4) is 0 Å². The van der Waals surface area contributed by atoms with Gasteiger partial charge in [-0.2, -0.15) is 12.6 Å². The molecule has 1 heterocycles. The molecule has 68 valence electrons. The fourth-order valence-electron chi connectivity index (χ4n) is 1.12. The first-order valence-corrected chi connectivity index (χ1v) is 4.52. The lowest BCUT2D eigenvalue weighted by Crippen LogP contribution is -2.37. The third-order valence-electron chi connectivity index (χ3n) is 1.75. The van der Waals surface area contributed by atoms with Crippen LogP contribution in [-0.4, -0.2) is 42.1 Å². The number of rotatable bonds is 1. The minimum atomic E-state index is -0.0809. The highest BCUT2D eigenvalue weighted by Gasteiger charge is 2.17. The number of nitrogens with one attached hydrogen (secondary N) is 1. The molecule has 1 aliphatic heterocycles. The molecule has 0 bridgehead atoms. The summed E-state index contributed by atoms with van der Waals surface area (Å²) in [7, 11) is 0. The molecule has 0 saturated carbocycles. The highest BCUT2D eigenvalue weighted by atomic mass is 32.1. The Hall–Kier alpha value is -0.710. The molecular weight excluding hydrogens is 176 g/mol. The van der Waals surface area contributed by atoms with Gasteiger partial charge in [0.15, 0.2) is 0 Å². The lowest BCUT2D eigenvalue weighted by molar-refractivity contribution is -0.133. The second-order valence-corrected chi connectivity index (χ2v) is 2.99. The Bertz CT molecular complexity index is 196. The molecule has 1 saturated heterocycles. The van der Waals surface area contributed by atoms with Gasteiger partial charge >= 0.3 is 0 Å². The number of nitrogens with zero attached hydrogens (tertiary/aromatic N) is 1. The molecule has 12 heavy (non-hydrogen) atoms. The molecule has 1 fully saturated rings. The Labute approximate surface area is 76.7 Å². The van der Waals surface area contributed by atoms with Gasteiger partial charge in [-0.1, -0.05) is 0 Å². The number of amides is 2. The molecule has 5 heteroatoms. The van der Waals surface area contributed by atoms with Crippen molar-refractivity contribution in [1.82, 2.24) is 10.2 Å². The quantitative estimate of drug-likeness (QED) is 0.533. The van der Waals surface area contributed by atoms with Crippen molar-refractivity contribution in [3.8, 4) is 0 Å². The summed E-state index contributed by atoms with van der Waals surface area (Å²) in [5.41, 5.74) is 0. The minimum absolute atomic E-state index is 0.0737. The van der Waals surface area contributed by atoms with Gasteiger partial charge in [0.1, 0.15) is 0 Å². The second-order valence-electron chi connectivity index (χ2n) is 2.68. The maximum absolute atomic E-state index is 11.1. The van der Waals surface area contributed by atoms with E-state index in [4.69, 9.17) is 0 Å². The second kappa shape index (κ2) is 4.35. The monoisotopic (exact) mass is 188 g/mol. The number of hydrogen-bond acceptors (Lipinski definition) is 3. The Morgan fingerprint density at radius 1 is 1.67 bits per heavy atom. The molecule has 0 aromatic carbocycles. The third-order valence-corrected chi connectivity index (χ3v) is 2.02. The maximum Gasteiger partial charge on any atom is 0.239 e. The van der Waals surface area contributed by atoms with Gasteiger partial charge in [-0.3, -0.25) is 9.59 Å². The van der Waals surface area contributed by atoms with Gasteiger partial charge in [0.05, 0.1) is 12.3 Å². The summed E-state index contributed by atoms with van der Waals surface area (Å²) in [4.78, 5) is 23.7. The van der Waals surface area contributed by atoms with Crippen LogP contribution < -0.4 is 5.32 Å². The number of hydrogen-bond donors (Lipinski definition) is 2. The van der Waals surface area contributed by atoms with Crippen LogP contribution in [0, 0.1) is 0 Å². The number of carbonyl (C=O) groups excluding carboxylic acids is 2. The summed E-state index contributed by atoms with van der Waals surface area (Å²) in [6.07, 6.45) is 0.825. The summed E-state index contributed by atoms with van der Waals surface area (Å²) in [6, 6.07) is 0. The average Bonchev–Trinajstić information content (AvgIpc) is 2.28. The van der Waals surface area contributed by atoms with Gasteiger partial charge in [0, 0.05) is 13.1 Å². The normalized spacial score (nSPS) is 18.4. The third kappa shape index (κ3) is 2.41. The molecule has 0 radical (unpaired) electrons. The van der Waals surface area contributed by atoms with Gasteiger partial charge in [0.2, 0.25) is 11.8 Å². The van der Waals surface area contributed by atoms with E-state index < -0.39 is 0 Å². The molecular formula is C7H12N2O2S. The Kier molecular flexibility index (Phi) is 3.40. The minimum Gasteiger partial charge on any atom is -0.354 e. The molecule has 4 nitrogen and oxygen atoms in total. The van der Waals surface area contributed by atoms with Gasteiger partial charge in [-0.25, -0.2) is 0 Å². The van der Waals surface area contributed by atoms with Crippen LogP contribution in [0.2, 0.25) is 0 Å². The molecule has 0 aromatic heterocycles. The van der Waals surface area contributed by atoms with Crippen molar-refractivity contribution in [3.05, 3.63) is 0 Å². The molecule has 2 amide bonds. The first kappa shape index (κ1) is 9.38. The van der Waals surface area contributed by atoms with Crippen molar-refractivity contribution in [2.75, 3.05) is 25.4 Å². The molecule has 0 spiro atoms. The summed E-state index contributed by atoms with van der Waals surface area (Å²) in [5, 5.41) is 2.70. The highest BCUT2D eigenvalue weighted by Crippen LogP contribution is 1.97. The van der Waals surface area contributed by atoms with Gasteiger partial charge in [-0.15, -0.1) is 0 Å². The summed E-state index contributed by atoms with van der Waals surface area (Å²) < 4.78 is 0. The van der Waals surface area contributed by atoms with E-state index in [1.165, 1.54) is 4.90 Å². The Balaban J connectivity index is 2.51. The molecule has 0 atom stereocenters. The van der Waals surface area contributed by atoms with Crippen LogP contribution in [0.4, 0.5) is 0 Å². The van der Waals surface area contributed by atoms with Gasteiger partial charge < -0.3 is 10.2 Å². The van der Waals surface area contributed by atoms with E-state index in [-0.39, 0.29) is 24.1 Å². The lowest BCUT2D eigenvalue weighted by Gasteiger charge is -2.17. The molecule has 0 aliphatic carbocycles. The standard InChI is InChI=1S/C7H12N2O2S/c10-6-4-9(7(11)5-12)3-1-2-8-6/h12H,1-5H2,(H,8,10). The van der Waals surface area contributed by atoms with Gasteiger partial charge in [-0.05, 0) is 6.42 Å². The van der Waals surface area contributed by atoms with Crippen LogP contribution in [0.15, 0.2) is 0 Å². The molecule has 1 N–H and O–H groups in total. The summed E-state index contributed by atoms with van der Waals surface area (Å²) in [5.74, 6) is 0.0193. The van der Waals surface area contributed by atoms with Crippen molar-refractivity contribution < 1.29 is 9.59 Å². The molecule has 1 rings (SSSR count). The van der Waals surface area contributed by atoms with E-state index in [0.29, 0.717) is 13.1 Å². The largest absolute Gasteiger partial charge is 0.354 e. The van der Waals surface area contributed by atoms with Crippen LogP contribution in [0.1, 0.15) is 6.42 Å². The highest BCUT2D eigenvalue weighted by molar-refractivity contribution is 7.81. The zero-order valence-electron chi connectivity index (χ0n) is 6.75. The van der Waals surface area contributed by atoms with Crippen molar-refractivity contribution >= 4 is 24.4 Å². The fourth-order valence-corrected chi connectivity index (χ4v) is 1.32. The molecule has 0 unspecified atom stereocenters. The zero-order chi connectivity index (χ0) is 8.97. The predicted molar refractivity (Wildman–Crippen MR) is 48.1 cm³/mol. The Morgan fingerprint density at radius 2 is 2.42 bits per heavy atom. The van der Waals surface area contributed by atoms with Crippen molar-refractivity contribution in [2.45, 2.75) is 6.42 Å². The molecule has 1 aliphatic rings. The number of carbonyl (C=O) groups is 2. The fraction of sp³-hybridized carbons (Fsp3) is 0.714. The van der Waals surface area contributed by atoms with Crippen molar-refractivity contribution in [3.63, 3.8) is 0 Å². The molecule has 0 aromatic rings. The van der Waals surface area contributed by atoms with Crippen molar-refractivity contribution in [1.29, 1.82) is 0 Å². The van der Waals surface area contributed by atoms with Crippen molar-refractivity contribution in [2.24, 2.45) is 0 Å². The zero-order valence-corrected chi connectivity index (χ0v) is 7.64. The van der Waals surface area contributed by atoms with E-state index in [1.807, 2.05) is 0 Å². The first-order chi connectivity index (χ1) is 5.74. The predicted octanol–water partition coefficient (Wildman–Crippen LogP) is -0.735. The smallest absolute Gasteiger partial charge is 0.239 e. The number of thiol groups is 1. The van der Waals surface area contributed by atoms with Crippen LogP contribution in [-0.2, 0) is 9.59 Å². The SMILES string of the molecule is O=C1CN(C(=O)CS)CCCN1. The van der Waals surface area contributed by atoms with E-state index >= 15 is 0 Å². The van der Waals surface area contributed by atoms with Crippen LogP contribution in [0.25, 0.3) is 0 Å². The first-order valence-electron chi connectivity index (χ1n) is 3.89. The summed E-state index contributed by atoms with van der Waals surface area (Å²) in [6.45, 7) is 1.49. The van der Waals surface area contributed by atoms with Crippen LogP contribution in [0.5, 0.6) is 0 Å². The van der Waals surface area contributed by atoms with E-state index in [9.17, 15) is 9.59 Å². The average molecular weight is 188 g/mol. The van der Waals surface area contributed by atoms with E-state index in [0.717, 1.165) is 6.42 Å². The lowest BCUT2D eigenvalue weighted by atomic mass is 10.4. The van der Waals surface area contributed by atoms with Gasteiger partial charge in [0.25, 0.3) is 0 Å². The van der Waals surface area contributed by atoms with E-state index in [2.05, 4.69) is 17.9 Å².